The average Bonchev–Trinajstić information content (AvgIpc) is 3.12. The van der Waals surface area contributed by atoms with Crippen molar-refractivity contribution in [3.05, 3.63) is 78.8 Å². The Morgan fingerprint density at radius 1 is 0.935 bits per heavy atom. The molecule has 5 heteroatoms. The van der Waals surface area contributed by atoms with E-state index in [9.17, 15) is 0 Å². The summed E-state index contributed by atoms with van der Waals surface area (Å²) in [6.07, 6.45) is 1.83. The molecule has 1 saturated heterocycles. The van der Waals surface area contributed by atoms with Crippen LogP contribution in [0.15, 0.2) is 72.9 Å². The summed E-state index contributed by atoms with van der Waals surface area (Å²) in [4.78, 5) is 11.8. The molecule has 4 aromatic rings. The molecule has 3 atom stereocenters. The van der Waals surface area contributed by atoms with E-state index >= 15 is 0 Å². The van der Waals surface area contributed by atoms with Crippen molar-refractivity contribution in [3.63, 3.8) is 0 Å². The van der Waals surface area contributed by atoms with E-state index in [1.165, 1.54) is 11.1 Å². The first-order valence-corrected chi connectivity index (χ1v) is 11.0. The van der Waals surface area contributed by atoms with Crippen molar-refractivity contribution in [2.45, 2.75) is 6.54 Å². The number of fused-ring (bicyclic) bond motifs is 2. The SMILES string of the molecule is Cn1c(CN2C[C@@H]3C(COc4cccc(-c5ccccc5)c4)[C@@H]3C2)nc2cccnc21. The minimum Gasteiger partial charge on any atom is -0.493 e. The van der Waals surface area contributed by atoms with E-state index in [1.807, 2.05) is 24.4 Å². The van der Waals surface area contributed by atoms with E-state index in [0.717, 1.165) is 60.8 Å². The van der Waals surface area contributed by atoms with Crippen LogP contribution >= 0.6 is 0 Å². The van der Waals surface area contributed by atoms with Crippen molar-refractivity contribution in [1.82, 2.24) is 19.4 Å². The lowest BCUT2D eigenvalue weighted by Gasteiger charge is -2.19. The minimum atomic E-state index is 0.679. The molecule has 0 N–H and O–H groups in total. The number of rotatable bonds is 6. The third-order valence-electron chi connectivity index (χ3n) is 6.92. The van der Waals surface area contributed by atoms with E-state index in [4.69, 9.17) is 9.72 Å². The van der Waals surface area contributed by atoms with Crippen LogP contribution in [0.1, 0.15) is 5.82 Å². The van der Waals surface area contributed by atoms with Crippen molar-refractivity contribution in [2.75, 3.05) is 19.7 Å². The third-order valence-corrected chi connectivity index (χ3v) is 6.92. The summed E-state index contributed by atoms with van der Waals surface area (Å²) in [5, 5.41) is 0. The van der Waals surface area contributed by atoms with Crippen molar-refractivity contribution in [3.8, 4) is 16.9 Å². The largest absolute Gasteiger partial charge is 0.493 e. The Morgan fingerprint density at radius 3 is 2.55 bits per heavy atom. The number of aryl methyl sites for hydroxylation is 1. The van der Waals surface area contributed by atoms with E-state index < -0.39 is 0 Å². The maximum atomic E-state index is 6.20. The summed E-state index contributed by atoms with van der Waals surface area (Å²) in [5.41, 5.74) is 4.38. The molecular formula is C26H26N4O. The summed E-state index contributed by atoms with van der Waals surface area (Å²) >= 11 is 0. The average molecular weight is 411 g/mol. The van der Waals surface area contributed by atoms with Gasteiger partial charge in [0.15, 0.2) is 5.65 Å². The molecule has 2 aromatic heterocycles. The number of nitrogens with zero attached hydrogens (tertiary/aromatic N) is 4. The Kier molecular flexibility index (Phi) is 4.50. The molecule has 1 aliphatic carbocycles. The van der Waals surface area contributed by atoms with Crippen LogP contribution in [-0.4, -0.2) is 39.1 Å². The minimum absolute atomic E-state index is 0.679. The van der Waals surface area contributed by atoms with Crippen LogP contribution < -0.4 is 4.74 Å². The Bertz CT molecular complexity index is 1210. The van der Waals surface area contributed by atoms with Crippen LogP contribution in [0, 0.1) is 17.8 Å². The highest BCUT2D eigenvalue weighted by molar-refractivity contribution is 5.71. The molecule has 6 rings (SSSR count). The highest BCUT2D eigenvalue weighted by Gasteiger charge is 2.55. The molecule has 31 heavy (non-hydrogen) atoms. The number of piperidine rings is 1. The number of ether oxygens (including phenoxy) is 1. The fraction of sp³-hybridized carbons (Fsp3) is 0.308. The maximum absolute atomic E-state index is 6.20. The highest BCUT2D eigenvalue weighted by atomic mass is 16.5. The zero-order valence-electron chi connectivity index (χ0n) is 17.7. The number of pyridine rings is 1. The summed E-state index contributed by atoms with van der Waals surface area (Å²) in [5.74, 6) is 4.25. The van der Waals surface area contributed by atoms with Gasteiger partial charge in [-0.1, -0.05) is 42.5 Å². The highest BCUT2D eigenvalue weighted by Crippen LogP contribution is 2.52. The topological polar surface area (TPSA) is 43.2 Å². The van der Waals surface area contributed by atoms with Gasteiger partial charge in [-0.2, -0.15) is 0 Å². The smallest absolute Gasteiger partial charge is 0.159 e. The van der Waals surface area contributed by atoms with Gasteiger partial charge >= 0.3 is 0 Å². The fourth-order valence-electron chi connectivity index (χ4n) is 5.11. The third kappa shape index (κ3) is 3.49. The predicted molar refractivity (Wildman–Crippen MR) is 122 cm³/mol. The van der Waals surface area contributed by atoms with Gasteiger partial charge in [-0.05, 0) is 47.2 Å². The molecule has 1 unspecified atom stereocenters. The normalized spacial score (nSPS) is 22.5. The molecule has 5 nitrogen and oxygen atoms in total. The molecule has 2 aromatic carbocycles. The zero-order chi connectivity index (χ0) is 20.8. The summed E-state index contributed by atoms with van der Waals surface area (Å²) in [6, 6.07) is 22.9. The lowest BCUT2D eigenvalue weighted by molar-refractivity contribution is 0.226. The maximum Gasteiger partial charge on any atom is 0.159 e. The van der Waals surface area contributed by atoms with Gasteiger partial charge < -0.3 is 9.30 Å². The molecule has 1 saturated carbocycles. The van der Waals surface area contributed by atoms with Gasteiger partial charge in [-0.3, -0.25) is 4.90 Å². The summed E-state index contributed by atoms with van der Waals surface area (Å²) < 4.78 is 8.32. The second-order valence-electron chi connectivity index (χ2n) is 8.82. The molecule has 0 radical (unpaired) electrons. The molecule has 2 aliphatic rings. The lowest BCUT2D eigenvalue weighted by Crippen LogP contribution is -2.26. The molecule has 0 amide bonds. The van der Waals surface area contributed by atoms with Crippen molar-refractivity contribution in [1.29, 1.82) is 0 Å². The van der Waals surface area contributed by atoms with Gasteiger partial charge in [-0.15, -0.1) is 0 Å². The quantitative estimate of drug-likeness (QED) is 0.473. The fourth-order valence-corrected chi connectivity index (χ4v) is 5.11. The predicted octanol–water partition coefficient (Wildman–Crippen LogP) is 4.39. The van der Waals surface area contributed by atoms with Gasteiger partial charge in [-0.25, -0.2) is 9.97 Å². The molecule has 3 heterocycles. The van der Waals surface area contributed by atoms with E-state index in [-0.39, 0.29) is 0 Å². The van der Waals surface area contributed by atoms with Gasteiger partial charge in [0.05, 0.1) is 13.2 Å². The van der Waals surface area contributed by atoms with Gasteiger partial charge in [0.1, 0.15) is 17.1 Å². The van der Waals surface area contributed by atoms with E-state index in [2.05, 4.69) is 70.0 Å². The Labute approximate surface area is 182 Å². The monoisotopic (exact) mass is 410 g/mol. The number of aromatic nitrogens is 3. The van der Waals surface area contributed by atoms with Gasteiger partial charge in [0, 0.05) is 32.3 Å². The molecular weight excluding hydrogens is 384 g/mol. The molecule has 0 spiro atoms. The van der Waals surface area contributed by atoms with E-state index in [0.29, 0.717) is 5.92 Å². The van der Waals surface area contributed by atoms with Crippen molar-refractivity contribution >= 4 is 11.2 Å². The zero-order valence-corrected chi connectivity index (χ0v) is 17.7. The second kappa shape index (κ2) is 7.50. The summed E-state index contributed by atoms with van der Waals surface area (Å²) in [6.45, 7) is 3.99. The number of likely N-dealkylation sites (tertiary alicyclic amines) is 1. The first kappa shape index (κ1) is 18.6. The van der Waals surface area contributed by atoms with Crippen LogP contribution in [0.4, 0.5) is 0 Å². The van der Waals surface area contributed by atoms with Gasteiger partial charge in [0.2, 0.25) is 0 Å². The van der Waals surface area contributed by atoms with Crippen molar-refractivity contribution < 1.29 is 4.74 Å². The molecule has 1 aliphatic heterocycles. The molecule has 0 bridgehead atoms. The number of imidazole rings is 1. The second-order valence-corrected chi connectivity index (χ2v) is 8.82. The van der Waals surface area contributed by atoms with Crippen LogP contribution in [0.3, 0.4) is 0 Å². The van der Waals surface area contributed by atoms with Crippen LogP contribution in [0.25, 0.3) is 22.3 Å². The van der Waals surface area contributed by atoms with E-state index in [1.54, 1.807) is 0 Å². The lowest BCUT2D eigenvalue weighted by atomic mass is 10.1. The van der Waals surface area contributed by atoms with Crippen LogP contribution in [-0.2, 0) is 13.6 Å². The standard InChI is InChI=1S/C26H26N4O/c1-29-25(28-24-11-6-12-27-26(24)29)16-30-14-21-22(15-30)23(21)17-31-20-10-5-9-19(13-20)18-7-3-2-4-8-18/h2-13,21-23H,14-17H2,1H3/t21-,22+,23?. The number of benzene rings is 2. The Balaban J connectivity index is 1.04. The first-order chi connectivity index (χ1) is 15.3. The first-order valence-electron chi connectivity index (χ1n) is 11.0. The Morgan fingerprint density at radius 2 is 1.74 bits per heavy atom. The molecule has 2 fully saturated rings. The van der Waals surface area contributed by atoms with Crippen LogP contribution in [0.2, 0.25) is 0 Å². The van der Waals surface area contributed by atoms with Gasteiger partial charge in [0.25, 0.3) is 0 Å². The number of hydrogen-bond donors (Lipinski definition) is 0. The molecule has 156 valence electrons. The number of hydrogen-bond acceptors (Lipinski definition) is 4. The Hall–Kier alpha value is -3.18. The summed E-state index contributed by atoms with van der Waals surface area (Å²) in [7, 11) is 2.06. The van der Waals surface area contributed by atoms with Crippen molar-refractivity contribution in [2.24, 2.45) is 24.8 Å². The van der Waals surface area contributed by atoms with Crippen LogP contribution in [0.5, 0.6) is 5.75 Å².